The SMILES string of the molecule is CC(C)[C@H](O)C1=CC=CC1c1ccccc1O. The molecule has 17 heavy (non-hydrogen) atoms. The van der Waals surface area contributed by atoms with E-state index < -0.39 is 6.10 Å². The Kier molecular flexibility index (Phi) is 3.34. The fourth-order valence-corrected chi connectivity index (χ4v) is 2.19. The first kappa shape index (κ1) is 11.9. The van der Waals surface area contributed by atoms with Crippen molar-refractivity contribution in [3.8, 4) is 5.75 Å². The third-order valence-corrected chi connectivity index (χ3v) is 3.20. The second-order valence-electron chi connectivity index (χ2n) is 4.78. The summed E-state index contributed by atoms with van der Waals surface area (Å²) in [7, 11) is 0. The van der Waals surface area contributed by atoms with E-state index in [1.54, 1.807) is 12.1 Å². The lowest BCUT2D eigenvalue weighted by Crippen LogP contribution is -2.20. The summed E-state index contributed by atoms with van der Waals surface area (Å²) in [6.45, 7) is 3.98. The highest BCUT2D eigenvalue weighted by Gasteiger charge is 2.26. The third kappa shape index (κ3) is 2.27. The summed E-state index contributed by atoms with van der Waals surface area (Å²) in [5.74, 6) is 0.453. The van der Waals surface area contributed by atoms with E-state index >= 15 is 0 Å². The zero-order valence-electron chi connectivity index (χ0n) is 10.2. The van der Waals surface area contributed by atoms with Crippen LogP contribution in [0.4, 0.5) is 0 Å². The Balaban J connectivity index is 2.31. The van der Waals surface area contributed by atoms with Crippen molar-refractivity contribution in [3.63, 3.8) is 0 Å². The van der Waals surface area contributed by atoms with Crippen LogP contribution in [0.2, 0.25) is 0 Å². The molecule has 0 radical (unpaired) electrons. The number of hydrogen-bond donors (Lipinski definition) is 2. The lowest BCUT2D eigenvalue weighted by Gasteiger charge is -2.23. The van der Waals surface area contributed by atoms with Crippen LogP contribution in [0.3, 0.4) is 0 Å². The predicted molar refractivity (Wildman–Crippen MR) is 68.9 cm³/mol. The van der Waals surface area contributed by atoms with Crippen LogP contribution >= 0.6 is 0 Å². The summed E-state index contributed by atoms with van der Waals surface area (Å²) >= 11 is 0. The second kappa shape index (κ2) is 4.76. The number of hydrogen-bond acceptors (Lipinski definition) is 2. The normalized spacial score (nSPS) is 20.7. The average Bonchev–Trinajstić information content (AvgIpc) is 2.77. The van der Waals surface area contributed by atoms with Crippen molar-refractivity contribution in [3.05, 3.63) is 53.6 Å². The van der Waals surface area contributed by atoms with Crippen molar-refractivity contribution in [2.45, 2.75) is 25.9 Å². The standard InChI is InChI=1S/C15H18O2/c1-10(2)15(17)13-8-5-7-11(13)12-6-3-4-9-14(12)16/h3-11,15-17H,1-2H3/t11?,15-/m0/s1. The number of para-hydroxylation sites is 1. The molecule has 0 saturated heterocycles. The van der Waals surface area contributed by atoms with Crippen molar-refractivity contribution >= 4 is 0 Å². The molecule has 1 aromatic rings. The predicted octanol–water partition coefficient (Wildman–Crippen LogP) is 2.99. The molecule has 2 atom stereocenters. The molecule has 0 heterocycles. The molecule has 0 saturated carbocycles. The van der Waals surface area contributed by atoms with Gasteiger partial charge >= 0.3 is 0 Å². The molecule has 90 valence electrons. The largest absolute Gasteiger partial charge is 0.508 e. The highest BCUT2D eigenvalue weighted by atomic mass is 16.3. The molecule has 2 heteroatoms. The summed E-state index contributed by atoms with van der Waals surface area (Å²) in [6, 6.07) is 7.29. The van der Waals surface area contributed by atoms with Gasteiger partial charge in [0.2, 0.25) is 0 Å². The van der Waals surface area contributed by atoms with Crippen molar-refractivity contribution in [1.29, 1.82) is 0 Å². The number of rotatable bonds is 3. The molecular weight excluding hydrogens is 212 g/mol. The molecule has 1 aliphatic carbocycles. The van der Waals surface area contributed by atoms with Gasteiger partial charge in [-0.15, -0.1) is 0 Å². The van der Waals surface area contributed by atoms with Crippen LogP contribution in [0, 0.1) is 5.92 Å². The van der Waals surface area contributed by atoms with E-state index in [0.717, 1.165) is 11.1 Å². The molecule has 0 amide bonds. The van der Waals surface area contributed by atoms with Gasteiger partial charge in [-0.25, -0.2) is 0 Å². The topological polar surface area (TPSA) is 40.5 Å². The maximum atomic E-state index is 10.2. The van der Waals surface area contributed by atoms with E-state index in [1.807, 2.05) is 44.2 Å². The molecule has 0 spiro atoms. The molecule has 2 nitrogen and oxygen atoms in total. The van der Waals surface area contributed by atoms with Gasteiger partial charge in [0.05, 0.1) is 6.10 Å². The molecular formula is C15H18O2. The van der Waals surface area contributed by atoms with E-state index in [4.69, 9.17) is 0 Å². The van der Waals surface area contributed by atoms with Crippen LogP contribution in [0.1, 0.15) is 25.3 Å². The minimum Gasteiger partial charge on any atom is -0.508 e. The summed E-state index contributed by atoms with van der Waals surface area (Å²) in [5.41, 5.74) is 1.81. The van der Waals surface area contributed by atoms with Gasteiger partial charge in [-0.05, 0) is 17.6 Å². The van der Waals surface area contributed by atoms with Crippen molar-refractivity contribution in [2.75, 3.05) is 0 Å². The first-order chi connectivity index (χ1) is 8.11. The Morgan fingerprint density at radius 2 is 1.88 bits per heavy atom. The third-order valence-electron chi connectivity index (χ3n) is 3.20. The summed E-state index contributed by atoms with van der Waals surface area (Å²) < 4.78 is 0. The zero-order chi connectivity index (χ0) is 12.4. The fourth-order valence-electron chi connectivity index (χ4n) is 2.19. The second-order valence-corrected chi connectivity index (χ2v) is 4.78. The number of allylic oxidation sites excluding steroid dienone is 3. The van der Waals surface area contributed by atoms with Crippen molar-refractivity contribution < 1.29 is 10.2 Å². The number of phenols is 1. The van der Waals surface area contributed by atoms with Gasteiger partial charge in [-0.1, -0.05) is 50.3 Å². The Labute approximate surface area is 102 Å². The Hall–Kier alpha value is -1.54. The minimum atomic E-state index is -0.463. The van der Waals surface area contributed by atoms with Gasteiger partial charge in [0, 0.05) is 11.5 Å². The molecule has 1 unspecified atom stereocenters. The molecule has 0 bridgehead atoms. The summed E-state index contributed by atoms with van der Waals surface area (Å²) in [5, 5.41) is 20.0. The fraction of sp³-hybridized carbons (Fsp3) is 0.333. The van der Waals surface area contributed by atoms with Crippen molar-refractivity contribution in [2.24, 2.45) is 5.92 Å². The maximum Gasteiger partial charge on any atom is 0.119 e. The van der Waals surface area contributed by atoms with Gasteiger partial charge in [0.15, 0.2) is 0 Å². The number of benzene rings is 1. The van der Waals surface area contributed by atoms with Gasteiger partial charge in [-0.3, -0.25) is 0 Å². The van der Waals surface area contributed by atoms with Gasteiger partial charge in [-0.2, -0.15) is 0 Å². The van der Waals surface area contributed by atoms with E-state index in [0.29, 0.717) is 0 Å². The Morgan fingerprint density at radius 3 is 2.53 bits per heavy atom. The average molecular weight is 230 g/mol. The number of phenolic OH excluding ortho intramolecular Hbond substituents is 1. The molecule has 2 rings (SSSR count). The highest BCUT2D eigenvalue weighted by molar-refractivity contribution is 5.48. The van der Waals surface area contributed by atoms with Crippen LogP contribution in [0.5, 0.6) is 5.75 Å². The number of aliphatic hydroxyl groups excluding tert-OH is 1. The lowest BCUT2D eigenvalue weighted by atomic mass is 9.86. The molecule has 1 aliphatic rings. The maximum absolute atomic E-state index is 10.2. The van der Waals surface area contributed by atoms with Crippen LogP contribution in [-0.4, -0.2) is 16.3 Å². The smallest absolute Gasteiger partial charge is 0.119 e. The van der Waals surface area contributed by atoms with E-state index in [1.165, 1.54) is 0 Å². The van der Waals surface area contributed by atoms with Crippen LogP contribution in [-0.2, 0) is 0 Å². The van der Waals surface area contributed by atoms with E-state index in [2.05, 4.69) is 0 Å². The summed E-state index contributed by atoms with van der Waals surface area (Å²) in [6.07, 6.45) is 5.44. The molecule has 0 fully saturated rings. The van der Waals surface area contributed by atoms with E-state index in [-0.39, 0.29) is 17.6 Å². The van der Waals surface area contributed by atoms with Crippen LogP contribution in [0.25, 0.3) is 0 Å². The van der Waals surface area contributed by atoms with Gasteiger partial charge in [0.1, 0.15) is 5.75 Å². The number of aliphatic hydroxyl groups is 1. The minimum absolute atomic E-state index is 0.00593. The first-order valence-corrected chi connectivity index (χ1v) is 5.95. The summed E-state index contributed by atoms with van der Waals surface area (Å²) in [4.78, 5) is 0. The van der Waals surface area contributed by atoms with Crippen LogP contribution in [0.15, 0.2) is 48.1 Å². The van der Waals surface area contributed by atoms with E-state index in [9.17, 15) is 10.2 Å². The lowest BCUT2D eigenvalue weighted by molar-refractivity contribution is 0.156. The monoisotopic (exact) mass is 230 g/mol. The first-order valence-electron chi connectivity index (χ1n) is 5.95. The molecule has 0 aromatic heterocycles. The van der Waals surface area contributed by atoms with Crippen molar-refractivity contribution in [1.82, 2.24) is 0 Å². The highest BCUT2D eigenvalue weighted by Crippen LogP contribution is 2.38. The Bertz CT molecular complexity index is 458. The van der Waals surface area contributed by atoms with Gasteiger partial charge < -0.3 is 10.2 Å². The van der Waals surface area contributed by atoms with Crippen LogP contribution < -0.4 is 0 Å². The zero-order valence-corrected chi connectivity index (χ0v) is 10.2. The quantitative estimate of drug-likeness (QED) is 0.838. The molecule has 0 aliphatic heterocycles. The Morgan fingerprint density at radius 1 is 1.18 bits per heavy atom. The van der Waals surface area contributed by atoms with Gasteiger partial charge in [0.25, 0.3) is 0 Å². The molecule has 2 N–H and O–H groups in total. The number of aromatic hydroxyl groups is 1. The molecule has 1 aromatic carbocycles.